The van der Waals surface area contributed by atoms with Crippen LogP contribution >= 0.6 is 0 Å². The zero-order valence-electron chi connectivity index (χ0n) is 10.2. The van der Waals surface area contributed by atoms with Crippen molar-refractivity contribution in [1.82, 2.24) is 10.2 Å². The highest BCUT2D eigenvalue weighted by Gasteiger charge is 2.34. The smallest absolute Gasteiger partial charge is 0.420 e. The van der Waals surface area contributed by atoms with Gasteiger partial charge in [0.05, 0.1) is 11.8 Å². The van der Waals surface area contributed by atoms with Crippen LogP contribution in [0.4, 0.5) is 13.2 Å². The standard InChI is InChI=1S/C13H7F3N2O3/c14-13(15,16)8-3-1-2-6-4-9(21-11(6)8)10-7(12(19)20)5-17-18-10/h1-5H,(H,17,18)(H,19,20). The van der Waals surface area contributed by atoms with E-state index >= 15 is 0 Å². The first kappa shape index (κ1) is 13.2. The van der Waals surface area contributed by atoms with E-state index in [0.717, 1.165) is 12.3 Å². The van der Waals surface area contributed by atoms with Crippen molar-refractivity contribution in [3.8, 4) is 11.5 Å². The lowest BCUT2D eigenvalue weighted by molar-refractivity contribution is -0.136. The summed E-state index contributed by atoms with van der Waals surface area (Å²) in [4.78, 5) is 11.0. The van der Waals surface area contributed by atoms with Gasteiger partial charge in [-0.2, -0.15) is 18.3 Å². The Bertz CT molecular complexity index is 833. The molecule has 0 atom stereocenters. The van der Waals surface area contributed by atoms with E-state index in [0.29, 0.717) is 0 Å². The third-order valence-electron chi connectivity index (χ3n) is 2.97. The van der Waals surface area contributed by atoms with Gasteiger partial charge in [-0.1, -0.05) is 12.1 Å². The maximum Gasteiger partial charge on any atom is 0.420 e. The molecule has 0 radical (unpaired) electrons. The molecular weight excluding hydrogens is 289 g/mol. The first-order valence-electron chi connectivity index (χ1n) is 5.74. The minimum atomic E-state index is -4.56. The van der Waals surface area contributed by atoms with Crippen LogP contribution in [0.5, 0.6) is 0 Å². The Hall–Kier alpha value is -2.77. The average Bonchev–Trinajstić information content (AvgIpc) is 3.02. The number of H-pyrrole nitrogens is 1. The number of carbonyl (C=O) groups is 1. The molecule has 0 aliphatic carbocycles. The van der Waals surface area contributed by atoms with Crippen molar-refractivity contribution in [3.05, 3.63) is 41.6 Å². The molecule has 0 aliphatic rings. The lowest BCUT2D eigenvalue weighted by atomic mass is 10.1. The molecule has 2 aromatic heterocycles. The number of aromatic carboxylic acids is 1. The quantitative estimate of drug-likeness (QED) is 0.758. The van der Waals surface area contributed by atoms with Gasteiger partial charge in [-0.3, -0.25) is 5.10 Å². The summed E-state index contributed by atoms with van der Waals surface area (Å²) < 4.78 is 43.9. The highest BCUT2D eigenvalue weighted by molar-refractivity contribution is 5.95. The van der Waals surface area contributed by atoms with Gasteiger partial charge in [-0.15, -0.1) is 0 Å². The zero-order valence-corrected chi connectivity index (χ0v) is 10.2. The Labute approximate surface area is 115 Å². The highest BCUT2D eigenvalue weighted by Crippen LogP contribution is 2.38. The number of fused-ring (bicyclic) bond motifs is 1. The first-order valence-corrected chi connectivity index (χ1v) is 5.74. The minimum absolute atomic E-state index is 0.0170. The van der Waals surface area contributed by atoms with Crippen LogP contribution in [-0.2, 0) is 6.18 Å². The van der Waals surface area contributed by atoms with Crippen molar-refractivity contribution in [3.63, 3.8) is 0 Å². The number of benzene rings is 1. The number of halogens is 3. The predicted molar refractivity (Wildman–Crippen MR) is 65.8 cm³/mol. The predicted octanol–water partition coefficient (Wildman–Crippen LogP) is 3.54. The van der Waals surface area contributed by atoms with Crippen molar-refractivity contribution >= 4 is 16.9 Å². The molecule has 21 heavy (non-hydrogen) atoms. The van der Waals surface area contributed by atoms with Gasteiger partial charge in [0, 0.05) is 5.39 Å². The van der Waals surface area contributed by atoms with E-state index in [4.69, 9.17) is 9.52 Å². The number of aromatic amines is 1. The van der Waals surface area contributed by atoms with Crippen molar-refractivity contribution in [2.45, 2.75) is 6.18 Å². The van der Waals surface area contributed by atoms with E-state index in [9.17, 15) is 18.0 Å². The van der Waals surface area contributed by atoms with Gasteiger partial charge in [0.1, 0.15) is 16.8 Å². The molecule has 0 bridgehead atoms. The Morgan fingerprint density at radius 1 is 1.33 bits per heavy atom. The summed E-state index contributed by atoms with van der Waals surface area (Å²) in [7, 11) is 0. The van der Waals surface area contributed by atoms with Crippen LogP contribution in [0.15, 0.2) is 34.9 Å². The second-order valence-corrected chi connectivity index (χ2v) is 4.30. The molecule has 3 aromatic rings. The van der Waals surface area contributed by atoms with Gasteiger partial charge < -0.3 is 9.52 Å². The molecule has 1 aromatic carbocycles. The maximum absolute atomic E-state index is 12.9. The molecule has 0 unspecified atom stereocenters. The van der Waals surface area contributed by atoms with Crippen molar-refractivity contribution in [1.29, 1.82) is 0 Å². The third kappa shape index (κ3) is 2.14. The van der Waals surface area contributed by atoms with Gasteiger partial charge >= 0.3 is 12.1 Å². The Kier molecular flexibility index (Phi) is 2.75. The van der Waals surface area contributed by atoms with Crippen molar-refractivity contribution in [2.75, 3.05) is 0 Å². The van der Waals surface area contributed by atoms with Gasteiger partial charge in [0.25, 0.3) is 0 Å². The fraction of sp³-hybridized carbons (Fsp3) is 0.0769. The summed E-state index contributed by atoms with van der Waals surface area (Å²) in [6.07, 6.45) is -3.49. The van der Waals surface area contributed by atoms with Crippen LogP contribution in [0.1, 0.15) is 15.9 Å². The van der Waals surface area contributed by atoms with Gasteiger partial charge in [-0.25, -0.2) is 4.79 Å². The summed E-state index contributed by atoms with van der Waals surface area (Å²) in [5.74, 6) is -1.27. The summed E-state index contributed by atoms with van der Waals surface area (Å²) in [5.41, 5.74) is -1.41. The molecular formula is C13H7F3N2O3. The van der Waals surface area contributed by atoms with E-state index in [-0.39, 0.29) is 28.0 Å². The lowest BCUT2D eigenvalue weighted by Gasteiger charge is -2.06. The van der Waals surface area contributed by atoms with Gasteiger partial charge in [-0.05, 0) is 12.1 Å². The summed E-state index contributed by atoms with van der Waals surface area (Å²) in [6, 6.07) is 4.95. The Morgan fingerprint density at radius 2 is 2.10 bits per heavy atom. The summed E-state index contributed by atoms with van der Waals surface area (Å²) in [6.45, 7) is 0. The largest absolute Gasteiger partial charge is 0.478 e. The molecule has 0 fully saturated rings. The third-order valence-corrected chi connectivity index (χ3v) is 2.97. The summed E-state index contributed by atoms with van der Waals surface area (Å²) in [5, 5.41) is 15.2. The van der Waals surface area contributed by atoms with Crippen molar-refractivity contribution < 1.29 is 27.5 Å². The van der Waals surface area contributed by atoms with Crippen LogP contribution in [0, 0.1) is 0 Å². The number of rotatable bonds is 2. The zero-order chi connectivity index (χ0) is 15.2. The molecule has 0 amide bonds. The number of furan rings is 1. The molecule has 0 saturated heterocycles. The van der Waals surface area contributed by atoms with Crippen molar-refractivity contribution in [2.24, 2.45) is 0 Å². The second kappa shape index (κ2) is 4.37. The molecule has 0 aliphatic heterocycles. The number of hydrogen-bond donors (Lipinski definition) is 2. The number of alkyl halides is 3. The Balaban J connectivity index is 2.23. The molecule has 0 spiro atoms. The molecule has 108 valence electrons. The van der Waals surface area contributed by atoms with Crippen LogP contribution < -0.4 is 0 Å². The highest BCUT2D eigenvalue weighted by atomic mass is 19.4. The van der Waals surface area contributed by atoms with Gasteiger partial charge in [0.2, 0.25) is 0 Å². The van der Waals surface area contributed by atoms with Crippen LogP contribution in [0.2, 0.25) is 0 Å². The maximum atomic E-state index is 12.9. The molecule has 2 heterocycles. The summed E-state index contributed by atoms with van der Waals surface area (Å²) >= 11 is 0. The van der Waals surface area contributed by atoms with E-state index in [1.165, 1.54) is 18.2 Å². The molecule has 8 heteroatoms. The molecule has 3 rings (SSSR count). The number of nitrogens with zero attached hydrogens (tertiary/aromatic N) is 1. The molecule has 2 N–H and O–H groups in total. The molecule has 5 nitrogen and oxygen atoms in total. The monoisotopic (exact) mass is 296 g/mol. The van der Waals surface area contributed by atoms with E-state index in [1.54, 1.807) is 0 Å². The topological polar surface area (TPSA) is 79.1 Å². The number of nitrogens with one attached hydrogen (secondary N) is 1. The van der Waals surface area contributed by atoms with E-state index in [2.05, 4.69) is 10.2 Å². The fourth-order valence-corrected chi connectivity index (χ4v) is 2.05. The van der Waals surface area contributed by atoms with Crippen LogP contribution in [0.25, 0.3) is 22.4 Å². The average molecular weight is 296 g/mol. The second-order valence-electron chi connectivity index (χ2n) is 4.30. The number of carboxylic acids is 1. The minimum Gasteiger partial charge on any atom is -0.478 e. The van der Waals surface area contributed by atoms with Gasteiger partial charge in [0.15, 0.2) is 5.76 Å². The van der Waals surface area contributed by atoms with Crippen LogP contribution in [-0.4, -0.2) is 21.3 Å². The van der Waals surface area contributed by atoms with E-state index < -0.39 is 17.7 Å². The lowest BCUT2D eigenvalue weighted by Crippen LogP contribution is -2.04. The van der Waals surface area contributed by atoms with Crippen LogP contribution in [0.3, 0.4) is 0 Å². The number of hydrogen-bond acceptors (Lipinski definition) is 3. The normalized spacial score (nSPS) is 12.0. The SMILES string of the molecule is O=C(O)c1cn[nH]c1-c1cc2cccc(C(F)(F)F)c2o1. The first-order chi connectivity index (χ1) is 9.88. The number of para-hydroxylation sites is 1. The molecule has 0 saturated carbocycles. The number of carboxylic acid groups (broad SMARTS) is 1. The number of aromatic nitrogens is 2. The fourth-order valence-electron chi connectivity index (χ4n) is 2.05. The van der Waals surface area contributed by atoms with E-state index in [1.807, 2.05) is 0 Å². The Morgan fingerprint density at radius 3 is 2.76 bits per heavy atom.